The molecule has 0 saturated carbocycles. The van der Waals surface area contributed by atoms with Gasteiger partial charge in [0.05, 0.1) is 31.2 Å². The second-order valence-electron chi connectivity index (χ2n) is 4.68. The number of nitro groups is 1. The van der Waals surface area contributed by atoms with Crippen LogP contribution in [0.4, 0.5) is 5.69 Å². The van der Waals surface area contributed by atoms with Crippen LogP contribution in [0.15, 0.2) is 24.3 Å². The van der Waals surface area contributed by atoms with E-state index in [1.165, 1.54) is 16.8 Å². The minimum Gasteiger partial charge on any atom is -0.477 e. The summed E-state index contributed by atoms with van der Waals surface area (Å²) in [5.41, 5.74) is 0.217. The third kappa shape index (κ3) is 2.19. The van der Waals surface area contributed by atoms with E-state index < -0.39 is 10.9 Å². The molecule has 0 atom stereocenters. The van der Waals surface area contributed by atoms with Crippen molar-refractivity contribution in [3.63, 3.8) is 0 Å². The molecule has 1 aromatic carbocycles. The number of hydrogen-bond donors (Lipinski definition) is 1. The fourth-order valence-corrected chi connectivity index (χ4v) is 2.57. The van der Waals surface area contributed by atoms with Gasteiger partial charge < -0.3 is 14.9 Å². The summed E-state index contributed by atoms with van der Waals surface area (Å²) in [5.74, 6) is -1.12. The van der Waals surface area contributed by atoms with Gasteiger partial charge in [0, 0.05) is 11.5 Å². The predicted molar refractivity (Wildman–Crippen MR) is 74.3 cm³/mol. The molecule has 2 heterocycles. The number of morpholine rings is 1. The zero-order valence-electron chi connectivity index (χ0n) is 11.1. The summed E-state index contributed by atoms with van der Waals surface area (Å²) in [7, 11) is 0. The van der Waals surface area contributed by atoms with Gasteiger partial charge in [-0.3, -0.25) is 10.1 Å². The average molecular weight is 291 g/mol. The third-order valence-electron chi connectivity index (χ3n) is 3.46. The Morgan fingerprint density at radius 2 is 2.05 bits per heavy atom. The van der Waals surface area contributed by atoms with Crippen molar-refractivity contribution in [2.24, 2.45) is 0 Å². The molecule has 8 heteroatoms. The molecular weight excluding hydrogens is 278 g/mol. The number of para-hydroxylation sites is 1. The monoisotopic (exact) mass is 291 g/mol. The van der Waals surface area contributed by atoms with Gasteiger partial charge >= 0.3 is 5.97 Å². The molecule has 0 spiro atoms. The van der Waals surface area contributed by atoms with Crippen LogP contribution in [0.2, 0.25) is 0 Å². The molecule has 1 aliphatic rings. The summed E-state index contributed by atoms with van der Waals surface area (Å²) in [4.78, 5) is 22.2. The summed E-state index contributed by atoms with van der Waals surface area (Å²) in [6.45, 7) is 1.88. The lowest BCUT2D eigenvalue weighted by Gasteiger charge is -2.31. The molecular formula is C13H13N3O5. The molecule has 1 aromatic heterocycles. The topological polar surface area (TPSA) is 97.8 Å². The smallest absolute Gasteiger partial charge is 0.354 e. The number of carboxylic acid groups (broad SMARTS) is 1. The second kappa shape index (κ2) is 5.06. The highest BCUT2D eigenvalue weighted by atomic mass is 16.6. The molecule has 0 unspecified atom stereocenters. The largest absolute Gasteiger partial charge is 0.477 e. The minimum atomic E-state index is -1.12. The molecule has 1 saturated heterocycles. The number of nitrogens with zero attached hydrogens (tertiary/aromatic N) is 3. The number of carboxylic acids is 1. The fraction of sp³-hybridized carbons (Fsp3) is 0.308. The van der Waals surface area contributed by atoms with Gasteiger partial charge in [0.25, 0.3) is 5.69 Å². The number of benzene rings is 1. The van der Waals surface area contributed by atoms with E-state index in [1.807, 2.05) is 0 Å². The van der Waals surface area contributed by atoms with Gasteiger partial charge in [-0.25, -0.2) is 9.47 Å². The number of rotatable bonds is 3. The molecule has 21 heavy (non-hydrogen) atoms. The van der Waals surface area contributed by atoms with Crippen LogP contribution < -0.4 is 5.01 Å². The van der Waals surface area contributed by atoms with E-state index in [0.717, 1.165) is 0 Å². The van der Waals surface area contributed by atoms with Crippen molar-refractivity contribution in [1.82, 2.24) is 4.68 Å². The van der Waals surface area contributed by atoms with Crippen LogP contribution in [0.25, 0.3) is 10.9 Å². The van der Waals surface area contributed by atoms with Gasteiger partial charge in [-0.05, 0) is 6.07 Å². The first kappa shape index (κ1) is 13.4. The van der Waals surface area contributed by atoms with Crippen LogP contribution in [-0.4, -0.2) is 47.0 Å². The van der Waals surface area contributed by atoms with E-state index in [1.54, 1.807) is 17.1 Å². The Labute approximate surface area is 119 Å². The zero-order valence-corrected chi connectivity index (χ0v) is 11.1. The summed E-state index contributed by atoms with van der Waals surface area (Å²) in [5, 5.41) is 22.9. The van der Waals surface area contributed by atoms with Gasteiger partial charge in [-0.1, -0.05) is 12.1 Å². The highest BCUT2D eigenvalue weighted by molar-refractivity contribution is 5.98. The first-order chi connectivity index (χ1) is 10.1. The number of aromatic carboxylic acids is 1. The zero-order chi connectivity index (χ0) is 15.0. The van der Waals surface area contributed by atoms with Gasteiger partial charge in [0.15, 0.2) is 0 Å². The maximum absolute atomic E-state index is 11.5. The predicted octanol–water partition coefficient (Wildman–Crippen LogP) is 1.22. The van der Waals surface area contributed by atoms with Gasteiger partial charge in [-0.2, -0.15) is 0 Å². The van der Waals surface area contributed by atoms with Crippen molar-refractivity contribution in [2.45, 2.75) is 0 Å². The molecule has 0 radical (unpaired) electrons. The first-order valence-electron chi connectivity index (χ1n) is 6.44. The first-order valence-corrected chi connectivity index (χ1v) is 6.44. The Kier molecular flexibility index (Phi) is 3.22. The molecule has 110 valence electrons. The number of aromatic nitrogens is 1. The molecule has 0 aliphatic carbocycles. The molecule has 0 amide bonds. The van der Waals surface area contributed by atoms with E-state index in [2.05, 4.69) is 0 Å². The Morgan fingerprint density at radius 3 is 2.67 bits per heavy atom. The van der Waals surface area contributed by atoms with Gasteiger partial charge in [-0.15, -0.1) is 0 Å². The quantitative estimate of drug-likeness (QED) is 0.674. The van der Waals surface area contributed by atoms with Gasteiger partial charge in [0.2, 0.25) is 0 Å². The molecule has 1 N–H and O–H groups in total. The lowest BCUT2D eigenvalue weighted by Crippen LogP contribution is -2.45. The third-order valence-corrected chi connectivity index (χ3v) is 3.46. The van der Waals surface area contributed by atoms with Crippen LogP contribution >= 0.6 is 0 Å². The maximum Gasteiger partial charge on any atom is 0.354 e. The molecule has 3 rings (SSSR count). The van der Waals surface area contributed by atoms with Crippen LogP contribution in [-0.2, 0) is 4.74 Å². The molecule has 0 bridgehead atoms. The van der Waals surface area contributed by atoms with Crippen molar-refractivity contribution >= 4 is 22.6 Å². The summed E-state index contributed by atoms with van der Waals surface area (Å²) >= 11 is 0. The SMILES string of the molecule is O=C(O)c1cc2cccc([N+](=O)[O-])c2n1N1CCOCC1. The maximum atomic E-state index is 11.5. The minimum absolute atomic E-state index is 0.0150. The van der Waals surface area contributed by atoms with Gasteiger partial charge in [0.1, 0.15) is 11.2 Å². The number of non-ortho nitro benzene ring substituents is 1. The van der Waals surface area contributed by atoms with E-state index in [9.17, 15) is 20.0 Å². The normalized spacial score (nSPS) is 15.3. The number of nitro benzene ring substituents is 1. The Hall–Kier alpha value is -2.61. The molecule has 8 nitrogen and oxygen atoms in total. The van der Waals surface area contributed by atoms with Crippen LogP contribution in [0.5, 0.6) is 0 Å². The number of ether oxygens (including phenoxy) is 1. The van der Waals surface area contributed by atoms with E-state index in [-0.39, 0.29) is 11.4 Å². The Morgan fingerprint density at radius 1 is 1.33 bits per heavy atom. The highest BCUT2D eigenvalue weighted by Gasteiger charge is 2.26. The van der Waals surface area contributed by atoms with Crippen molar-refractivity contribution in [3.8, 4) is 0 Å². The fourth-order valence-electron chi connectivity index (χ4n) is 2.57. The summed E-state index contributed by atoms with van der Waals surface area (Å²) in [6, 6.07) is 6.06. The number of carbonyl (C=O) groups is 1. The van der Waals surface area contributed by atoms with Crippen molar-refractivity contribution in [3.05, 3.63) is 40.1 Å². The molecule has 2 aromatic rings. The van der Waals surface area contributed by atoms with Crippen molar-refractivity contribution < 1.29 is 19.6 Å². The van der Waals surface area contributed by atoms with Crippen molar-refractivity contribution in [1.29, 1.82) is 0 Å². The summed E-state index contributed by atoms with van der Waals surface area (Å²) in [6.07, 6.45) is 0. The average Bonchev–Trinajstić information content (AvgIpc) is 2.87. The molecule has 1 aliphatic heterocycles. The van der Waals surface area contributed by atoms with E-state index in [4.69, 9.17) is 4.74 Å². The van der Waals surface area contributed by atoms with E-state index in [0.29, 0.717) is 37.2 Å². The van der Waals surface area contributed by atoms with Crippen molar-refractivity contribution in [2.75, 3.05) is 31.3 Å². The lowest BCUT2D eigenvalue weighted by molar-refractivity contribution is -0.383. The van der Waals surface area contributed by atoms with Crippen LogP contribution in [0.1, 0.15) is 10.5 Å². The molecule has 1 fully saturated rings. The number of fused-ring (bicyclic) bond motifs is 1. The Balaban J connectivity index is 2.29. The van der Waals surface area contributed by atoms with E-state index >= 15 is 0 Å². The highest BCUT2D eigenvalue weighted by Crippen LogP contribution is 2.29. The van der Waals surface area contributed by atoms with Crippen LogP contribution in [0, 0.1) is 10.1 Å². The number of hydrogen-bond acceptors (Lipinski definition) is 5. The lowest BCUT2D eigenvalue weighted by atomic mass is 10.2. The summed E-state index contributed by atoms with van der Waals surface area (Å²) < 4.78 is 6.68. The second-order valence-corrected chi connectivity index (χ2v) is 4.68. The van der Waals surface area contributed by atoms with Crippen LogP contribution in [0.3, 0.4) is 0 Å². The Bertz CT molecular complexity index is 718. The standard InChI is InChI=1S/C13H13N3O5/c17-13(18)11-8-9-2-1-3-10(16(19)20)12(9)15(11)14-4-6-21-7-5-14/h1-3,8H,4-7H2,(H,17,18).